The summed E-state index contributed by atoms with van der Waals surface area (Å²) in [5, 5.41) is 17.4. The van der Waals surface area contributed by atoms with Crippen LogP contribution in [0.15, 0.2) is 0 Å². The van der Waals surface area contributed by atoms with Crippen molar-refractivity contribution in [2.24, 2.45) is 5.73 Å². The lowest BCUT2D eigenvalue weighted by Crippen LogP contribution is -2.24. The molecule has 1 aromatic heterocycles. The largest absolute Gasteiger partial charge is 0.378 e. The summed E-state index contributed by atoms with van der Waals surface area (Å²) in [6.45, 7) is 1.14. The number of nitro groups is 1. The number of hydrogen-bond acceptors (Lipinski definition) is 8. The Balaban J connectivity index is 2.20. The Bertz CT molecular complexity index is 517. The quantitative estimate of drug-likeness (QED) is 0.336. The van der Waals surface area contributed by atoms with Gasteiger partial charge in [0.2, 0.25) is 17.6 Å². The molecule has 2 rings (SSSR count). The van der Waals surface area contributed by atoms with Crippen LogP contribution in [0.3, 0.4) is 0 Å². The number of anilines is 3. The van der Waals surface area contributed by atoms with Crippen LogP contribution < -0.4 is 22.1 Å². The molecule has 0 unspecified atom stereocenters. The molecule has 6 N–H and O–H groups in total. The summed E-state index contributed by atoms with van der Waals surface area (Å²) in [4.78, 5) is 18.9. The number of nitrogens with one attached hydrogen (secondary N) is 2. The molecular formula is C13H23N7O2. The lowest BCUT2D eigenvalue weighted by atomic mass is 9.95. The molecule has 0 spiro atoms. The van der Waals surface area contributed by atoms with Gasteiger partial charge in [0.15, 0.2) is 0 Å². The summed E-state index contributed by atoms with van der Waals surface area (Å²) in [6, 6.07) is 0.193. The first-order valence-electron chi connectivity index (χ1n) is 7.64. The fourth-order valence-corrected chi connectivity index (χ4v) is 2.57. The van der Waals surface area contributed by atoms with E-state index in [1.165, 1.54) is 6.42 Å². The molecule has 0 aliphatic heterocycles. The Hall–Kier alpha value is -2.16. The smallest absolute Gasteiger partial charge is 0.353 e. The number of aromatic nitrogens is 2. The van der Waals surface area contributed by atoms with Crippen molar-refractivity contribution < 1.29 is 4.92 Å². The van der Waals surface area contributed by atoms with Gasteiger partial charge in [-0.05, 0) is 25.8 Å². The van der Waals surface area contributed by atoms with E-state index in [1.807, 2.05) is 0 Å². The fourth-order valence-electron chi connectivity index (χ4n) is 2.57. The predicted molar refractivity (Wildman–Crippen MR) is 85.8 cm³/mol. The summed E-state index contributed by atoms with van der Waals surface area (Å²) in [6.07, 6.45) is 6.17. The third-order valence-corrected chi connectivity index (χ3v) is 3.70. The molecule has 9 nitrogen and oxygen atoms in total. The molecule has 1 aliphatic carbocycles. The molecule has 0 atom stereocenters. The normalized spacial score (nSPS) is 15.5. The second kappa shape index (κ2) is 7.74. The maximum Gasteiger partial charge on any atom is 0.353 e. The molecule has 1 aliphatic rings. The first kappa shape index (κ1) is 16.2. The van der Waals surface area contributed by atoms with Crippen molar-refractivity contribution in [3.05, 3.63) is 10.1 Å². The van der Waals surface area contributed by atoms with Gasteiger partial charge in [0.25, 0.3) is 0 Å². The molecule has 0 bridgehead atoms. The molecule has 0 aromatic carbocycles. The van der Waals surface area contributed by atoms with Crippen molar-refractivity contribution in [1.29, 1.82) is 0 Å². The van der Waals surface area contributed by atoms with Gasteiger partial charge in [-0.1, -0.05) is 19.3 Å². The zero-order valence-corrected chi connectivity index (χ0v) is 12.5. The summed E-state index contributed by atoms with van der Waals surface area (Å²) in [5.74, 6) is 0.350. The molecular weight excluding hydrogens is 286 g/mol. The van der Waals surface area contributed by atoms with Crippen molar-refractivity contribution in [3.63, 3.8) is 0 Å². The number of rotatable bonds is 7. The summed E-state index contributed by atoms with van der Waals surface area (Å²) >= 11 is 0. The van der Waals surface area contributed by atoms with Crippen LogP contribution in [0, 0.1) is 10.1 Å². The molecule has 22 heavy (non-hydrogen) atoms. The van der Waals surface area contributed by atoms with Crippen LogP contribution in [0.1, 0.15) is 38.5 Å². The zero-order chi connectivity index (χ0) is 15.9. The Morgan fingerprint density at radius 3 is 2.64 bits per heavy atom. The summed E-state index contributed by atoms with van der Waals surface area (Å²) < 4.78 is 0. The highest BCUT2D eigenvalue weighted by molar-refractivity contribution is 5.70. The average molecular weight is 309 g/mol. The Kier molecular flexibility index (Phi) is 5.70. The van der Waals surface area contributed by atoms with Gasteiger partial charge in [0.05, 0.1) is 4.92 Å². The van der Waals surface area contributed by atoms with Gasteiger partial charge in [-0.25, -0.2) is 0 Å². The van der Waals surface area contributed by atoms with Crippen LogP contribution in [-0.2, 0) is 0 Å². The van der Waals surface area contributed by atoms with Crippen LogP contribution in [0.2, 0.25) is 0 Å². The number of nitrogens with two attached hydrogens (primary N) is 2. The van der Waals surface area contributed by atoms with Crippen molar-refractivity contribution in [1.82, 2.24) is 9.97 Å². The third-order valence-electron chi connectivity index (χ3n) is 3.70. The van der Waals surface area contributed by atoms with E-state index < -0.39 is 4.92 Å². The second-order valence-electron chi connectivity index (χ2n) is 5.44. The van der Waals surface area contributed by atoms with Crippen LogP contribution in [0.25, 0.3) is 0 Å². The monoisotopic (exact) mass is 309 g/mol. The van der Waals surface area contributed by atoms with Gasteiger partial charge in [-0.3, -0.25) is 10.1 Å². The van der Waals surface area contributed by atoms with Crippen LogP contribution in [-0.4, -0.2) is 34.0 Å². The van der Waals surface area contributed by atoms with E-state index in [0.29, 0.717) is 13.1 Å². The lowest BCUT2D eigenvalue weighted by Gasteiger charge is -2.23. The third kappa shape index (κ3) is 4.17. The van der Waals surface area contributed by atoms with Gasteiger partial charge in [-0.2, -0.15) is 9.97 Å². The number of nitrogen functional groups attached to an aromatic ring is 1. The van der Waals surface area contributed by atoms with Gasteiger partial charge in [-0.15, -0.1) is 0 Å². The molecule has 0 amide bonds. The first-order valence-corrected chi connectivity index (χ1v) is 7.64. The van der Waals surface area contributed by atoms with E-state index in [1.54, 1.807) is 0 Å². The van der Waals surface area contributed by atoms with E-state index in [-0.39, 0.29) is 29.3 Å². The van der Waals surface area contributed by atoms with Crippen molar-refractivity contribution in [3.8, 4) is 0 Å². The molecule has 122 valence electrons. The average Bonchev–Trinajstić information content (AvgIpc) is 2.47. The molecule has 1 heterocycles. The SMILES string of the molecule is NCCCNc1nc(N)c([N+](=O)[O-])c(NC2CCCCC2)n1. The molecule has 1 fully saturated rings. The molecule has 1 aromatic rings. The fraction of sp³-hybridized carbons (Fsp3) is 0.692. The predicted octanol–water partition coefficient (Wildman–Crippen LogP) is 1.47. The molecule has 0 radical (unpaired) electrons. The van der Waals surface area contributed by atoms with Gasteiger partial charge < -0.3 is 22.1 Å². The summed E-state index contributed by atoms with van der Waals surface area (Å²) in [7, 11) is 0. The zero-order valence-electron chi connectivity index (χ0n) is 12.5. The van der Waals surface area contributed by atoms with E-state index >= 15 is 0 Å². The Morgan fingerprint density at radius 1 is 1.27 bits per heavy atom. The van der Waals surface area contributed by atoms with Gasteiger partial charge in [0.1, 0.15) is 0 Å². The molecule has 9 heteroatoms. The first-order chi connectivity index (χ1) is 10.6. The van der Waals surface area contributed by atoms with Crippen molar-refractivity contribution >= 4 is 23.3 Å². The highest BCUT2D eigenvalue weighted by Gasteiger charge is 2.25. The van der Waals surface area contributed by atoms with Gasteiger partial charge >= 0.3 is 5.69 Å². The number of hydrogen-bond donors (Lipinski definition) is 4. The second-order valence-corrected chi connectivity index (χ2v) is 5.44. The van der Waals surface area contributed by atoms with E-state index in [0.717, 1.165) is 32.1 Å². The van der Waals surface area contributed by atoms with Crippen LogP contribution in [0.4, 0.5) is 23.3 Å². The maximum atomic E-state index is 11.2. The van der Waals surface area contributed by atoms with E-state index in [4.69, 9.17) is 11.5 Å². The van der Waals surface area contributed by atoms with E-state index in [9.17, 15) is 10.1 Å². The topological polar surface area (TPSA) is 145 Å². The standard InChI is InChI=1S/C13H23N7O2/c14-7-4-8-16-13-18-11(15)10(20(21)22)12(19-13)17-9-5-2-1-3-6-9/h9H,1-8,14H2,(H4,15,16,17,18,19). The van der Waals surface area contributed by atoms with Crippen LogP contribution >= 0.6 is 0 Å². The highest BCUT2D eigenvalue weighted by atomic mass is 16.6. The minimum atomic E-state index is -0.538. The summed E-state index contributed by atoms with van der Waals surface area (Å²) in [5.41, 5.74) is 10.9. The maximum absolute atomic E-state index is 11.2. The minimum absolute atomic E-state index is 0.131. The highest BCUT2D eigenvalue weighted by Crippen LogP contribution is 2.31. The van der Waals surface area contributed by atoms with Crippen molar-refractivity contribution in [2.75, 3.05) is 29.5 Å². The lowest BCUT2D eigenvalue weighted by molar-refractivity contribution is -0.383. The van der Waals surface area contributed by atoms with Crippen LogP contribution in [0.5, 0.6) is 0 Å². The van der Waals surface area contributed by atoms with E-state index in [2.05, 4.69) is 20.6 Å². The molecule has 1 saturated carbocycles. The minimum Gasteiger partial charge on any atom is -0.378 e. The Morgan fingerprint density at radius 2 is 2.00 bits per heavy atom. The number of nitrogens with zero attached hydrogens (tertiary/aromatic N) is 3. The van der Waals surface area contributed by atoms with Crippen molar-refractivity contribution in [2.45, 2.75) is 44.6 Å². The molecule has 0 saturated heterocycles. The van der Waals surface area contributed by atoms with Gasteiger partial charge in [0, 0.05) is 12.6 Å². The Labute approximate surface area is 129 Å².